The molecule has 2 aromatic rings. The van der Waals surface area contributed by atoms with Crippen molar-refractivity contribution in [2.75, 3.05) is 5.32 Å². The van der Waals surface area contributed by atoms with E-state index in [1.54, 1.807) is 18.3 Å². The smallest absolute Gasteiger partial charge is 0.255 e. The Labute approximate surface area is 136 Å². The fourth-order valence-electron chi connectivity index (χ4n) is 2.71. The number of fused-ring (bicyclic) bond motifs is 1. The number of aromatic nitrogens is 1. The number of carbonyl (C=O) groups is 1. The lowest BCUT2D eigenvalue weighted by Crippen LogP contribution is -2.25. The molecule has 5 heteroatoms. The molecule has 3 rings (SSSR count). The highest BCUT2D eigenvalue weighted by atomic mass is 16.1. The Kier molecular flexibility index (Phi) is 4.57. The predicted octanol–water partition coefficient (Wildman–Crippen LogP) is 2.44. The molecule has 0 aliphatic carbocycles. The molecule has 0 saturated carbocycles. The van der Waals surface area contributed by atoms with Gasteiger partial charge >= 0.3 is 0 Å². The van der Waals surface area contributed by atoms with Crippen molar-refractivity contribution in [1.29, 1.82) is 0 Å². The molecule has 1 aliphatic rings. The van der Waals surface area contributed by atoms with Gasteiger partial charge in [-0.2, -0.15) is 0 Å². The largest absolute Gasteiger partial charge is 0.367 e. The summed E-state index contributed by atoms with van der Waals surface area (Å²) < 4.78 is 0. The topological polar surface area (TPSA) is 66.0 Å². The minimum Gasteiger partial charge on any atom is -0.367 e. The molecular formula is C18H22N4O. The van der Waals surface area contributed by atoms with E-state index in [-0.39, 0.29) is 11.9 Å². The standard InChI is InChI=1S/C18H22N4O/c1-12(2)22-17-16(4-3-7-20-17)18(23)21-9-13-5-6-14-10-19-11-15(14)8-13/h3-8,12,19H,9-11H2,1-2H3,(H,20,22)(H,21,23). The quantitative estimate of drug-likeness (QED) is 0.793. The Morgan fingerprint density at radius 1 is 1.26 bits per heavy atom. The van der Waals surface area contributed by atoms with Crippen LogP contribution in [0.15, 0.2) is 36.5 Å². The molecule has 0 saturated heterocycles. The van der Waals surface area contributed by atoms with Gasteiger partial charge in [0.1, 0.15) is 5.82 Å². The number of hydrogen-bond acceptors (Lipinski definition) is 4. The van der Waals surface area contributed by atoms with Crippen LogP contribution in [-0.4, -0.2) is 16.9 Å². The second-order valence-corrected chi connectivity index (χ2v) is 6.09. The monoisotopic (exact) mass is 310 g/mol. The summed E-state index contributed by atoms with van der Waals surface area (Å²) in [5.41, 5.74) is 4.35. The number of rotatable bonds is 5. The van der Waals surface area contributed by atoms with Gasteiger partial charge in [-0.25, -0.2) is 4.98 Å². The average Bonchev–Trinajstić information content (AvgIpc) is 3.00. The Morgan fingerprint density at radius 2 is 2.09 bits per heavy atom. The van der Waals surface area contributed by atoms with Crippen LogP contribution in [0.25, 0.3) is 0 Å². The number of carbonyl (C=O) groups excluding carboxylic acids is 1. The van der Waals surface area contributed by atoms with Gasteiger partial charge < -0.3 is 16.0 Å². The van der Waals surface area contributed by atoms with E-state index in [0.29, 0.717) is 17.9 Å². The Morgan fingerprint density at radius 3 is 2.91 bits per heavy atom. The van der Waals surface area contributed by atoms with Gasteiger partial charge in [-0.05, 0) is 42.7 Å². The molecule has 1 amide bonds. The highest BCUT2D eigenvalue weighted by molar-refractivity contribution is 5.98. The van der Waals surface area contributed by atoms with Crippen LogP contribution >= 0.6 is 0 Å². The van der Waals surface area contributed by atoms with E-state index >= 15 is 0 Å². The maximum Gasteiger partial charge on any atom is 0.255 e. The van der Waals surface area contributed by atoms with Crippen LogP contribution in [0.3, 0.4) is 0 Å². The Bertz CT molecular complexity index is 712. The van der Waals surface area contributed by atoms with E-state index in [4.69, 9.17) is 0 Å². The summed E-state index contributed by atoms with van der Waals surface area (Å²) in [5, 5.41) is 9.51. The van der Waals surface area contributed by atoms with Crippen molar-refractivity contribution in [2.45, 2.75) is 39.5 Å². The molecule has 0 atom stereocenters. The van der Waals surface area contributed by atoms with Crippen LogP contribution < -0.4 is 16.0 Å². The van der Waals surface area contributed by atoms with E-state index in [1.807, 2.05) is 13.8 Å². The molecular weight excluding hydrogens is 288 g/mol. The number of nitrogens with one attached hydrogen (secondary N) is 3. The summed E-state index contributed by atoms with van der Waals surface area (Å²) in [7, 11) is 0. The number of anilines is 1. The van der Waals surface area contributed by atoms with Gasteiger partial charge in [0.25, 0.3) is 5.91 Å². The lowest BCUT2D eigenvalue weighted by Gasteiger charge is -2.13. The summed E-state index contributed by atoms with van der Waals surface area (Å²) in [6.45, 7) is 6.40. The van der Waals surface area contributed by atoms with Gasteiger partial charge in [0.2, 0.25) is 0 Å². The van der Waals surface area contributed by atoms with Crippen LogP contribution in [0.4, 0.5) is 5.82 Å². The molecule has 0 spiro atoms. The SMILES string of the molecule is CC(C)Nc1ncccc1C(=O)NCc1ccc2c(c1)CNC2. The number of pyridine rings is 1. The molecule has 120 valence electrons. The zero-order valence-electron chi connectivity index (χ0n) is 13.5. The van der Waals surface area contributed by atoms with Gasteiger partial charge in [-0.15, -0.1) is 0 Å². The Balaban J connectivity index is 1.68. The highest BCUT2D eigenvalue weighted by Crippen LogP contribution is 2.17. The lowest BCUT2D eigenvalue weighted by molar-refractivity contribution is 0.0951. The predicted molar refractivity (Wildman–Crippen MR) is 91.2 cm³/mol. The average molecular weight is 310 g/mol. The number of benzene rings is 1. The third-order valence-corrected chi connectivity index (χ3v) is 3.83. The zero-order valence-corrected chi connectivity index (χ0v) is 13.5. The van der Waals surface area contributed by atoms with Crippen LogP contribution in [0.5, 0.6) is 0 Å². The second-order valence-electron chi connectivity index (χ2n) is 6.09. The fourth-order valence-corrected chi connectivity index (χ4v) is 2.71. The highest BCUT2D eigenvalue weighted by Gasteiger charge is 2.14. The summed E-state index contributed by atoms with van der Waals surface area (Å²) in [6.07, 6.45) is 1.69. The first-order valence-corrected chi connectivity index (χ1v) is 7.94. The number of hydrogen-bond donors (Lipinski definition) is 3. The first-order valence-electron chi connectivity index (χ1n) is 7.94. The van der Waals surface area contributed by atoms with Crippen LogP contribution in [-0.2, 0) is 19.6 Å². The third kappa shape index (κ3) is 3.68. The normalized spacial score (nSPS) is 13.0. The van der Waals surface area contributed by atoms with Gasteiger partial charge in [0.15, 0.2) is 0 Å². The Hall–Kier alpha value is -2.40. The van der Waals surface area contributed by atoms with Crippen molar-refractivity contribution in [3.8, 4) is 0 Å². The van der Waals surface area contributed by atoms with Crippen LogP contribution in [0, 0.1) is 0 Å². The van der Waals surface area contributed by atoms with Crippen molar-refractivity contribution in [1.82, 2.24) is 15.6 Å². The van der Waals surface area contributed by atoms with Crippen molar-refractivity contribution >= 4 is 11.7 Å². The summed E-state index contributed by atoms with van der Waals surface area (Å²) in [6, 6.07) is 10.2. The molecule has 23 heavy (non-hydrogen) atoms. The maximum atomic E-state index is 12.5. The van der Waals surface area contributed by atoms with Gasteiger partial charge in [0, 0.05) is 31.9 Å². The minimum absolute atomic E-state index is 0.111. The molecule has 1 aromatic heterocycles. The van der Waals surface area contributed by atoms with Crippen molar-refractivity contribution in [3.05, 3.63) is 58.8 Å². The first-order chi connectivity index (χ1) is 11.1. The van der Waals surface area contributed by atoms with E-state index in [1.165, 1.54) is 11.1 Å². The molecule has 0 radical (unpaired) electrons. The van der Waals surface area contributed by atoms with Crippen LogP contribution in [0.2, 0.25) is 0 Å². The second kappa shape index (κ2) is 6.79. The summed E-state index contributed by atoms with van der Waals surface area (Å²) >= 11 is 0. The molecule has 1 aliphatic heterocycles. The van der Waals surface area contributed by atoms with Gasteiger partial charge in [0.05, 0.1) is 5.56 Å². The number of nitrogens with zero attached hydrogens (tertiary/aromatic N) is 1. The summed E-state index contributed by atoms with van der Waals surface area (Å²) in [4.78, 5) is 16.7. The van der Waals surface area contributed by atoms with E-state index < -0.39 is 0 Å². The van der Waals surface area contributed by atoms with Crippen molar-refractivity contribution in [2.24, 2.45) is 0 Å². The molecule has 3 N–H and O–H groups in total. The minimum atomic E-state index is -0.111. The van der Waals surface area contributed by atoms with Crippen molar-refractivity contribution < 1.29 is 4.79 Å². The molecule has 0 unspecified atom stereocenters. The molecule has 2 heterocycles. The van der Waals surface area contributed by atoms with Gasteiger partial charge in [-0.1, -0.05) is 18.2 Å². The van der Waals surface area contributed by atoms with Crippen LogP contribution in [0.1, 0.15) is 40.9 Å². The third-order valence-electron chi connectivity index (χ3n) is 3.83. The molecule has 1 aromatic carbocycles. The summed E-state index contributed by atoms with van der Waals surface area (Å²) in [5.74, 6) is 0.512. The molecule has 0 bridgehead atoms. The molecule has 5 nitrogen and oxygen atoms in total. The van der Waals surface area contributed by atoms with Crippen molar-refractivity contribution in [3.63, 3.8) is 0 Å². The van der Waals surface area contributed by atoms with E-state index in [9.17, 15) is 4.79 Å². The molecule has 0 fully saturated rings. The first kappa shape index (κ1) is 15.5. The van der Waals surface area contributed by atoms with E-state index in [0.717, 1.165) is 18.7 Å². The van der Waals surface area contributed by atoms with Gasteiger partial charge in [-0.3, -0.25) is 4.79 Å². The lowest BCUT2D eigenvalue weighted by atomic mass is 10.1. The number of amides is 1. The fraction of sp³-hybridized carbons (Fsp3) is 0.333. The van der Waals surface area contributed by atoms with E-state index in [2.05, 4.69) is 39.1 Å². The maximum absolute atomic E-state index is 12.5. The zero-order chi connectivity index (χ0) is 16.2.